The average Bonchev–Trinajstić information content (AvgIpc) is 2.98. The number of rotatable bonds is 7. The van der Waals surface area contributed by atoms with Crippen LogP contribution in [0.5, 0.6) is 11.5 Å². The van der Waals surface area contributed by atoms with E-state index in [1.807, 2.05) is 23.9 Å². The molecule has 0 saturated heterocycles. The summed E-state index contributed by atoms with van der Waals surface area (Å²) in [7, 11) is 3.23. The van der Waals surface area contributed by atoms with E-state index in [-0.39, 0.29) is 0 Å². The molecular formula is C16H24ClNO2S. The van der Waals surface area contributed by atoms with E-state index >= 15 is 0 Å². The highest BCUT2D eigenvalue weighted by Crippen LogP contribution is 2.40. The lowest BCUT2D eigenvalue weighted by atomic mass is 10.1. The number of benzene rings is 1. The first-order valence-corrected chi connectivity index (χ1v) is 8.91. The molecule has 2 rings (SSSR count). The summed E-state index contributed by atoms with van der Waals surface area (Å²) in [6.45, 7) is 1.78. The third kappa shape index (κ3) is 3.79. The maximum atomic E-state index is 6.41. The van der Waals surface area contributed by atoms with Crippen LogP contribution in [0.3, 0.4) is 0 Å². The van der Waals surface area contributed by atoms with Gasteiger partial charge in [0.25, 0.3) is 0 Å². The van der Waals surface area contributed by atoms with Crippen molar-refractivity contribution in [2.75, 3.05) is 27.0 Å². The van der Waals surface area contributed by atoms with E-state index < -0.39 is 0 Å². The number of hydrogen-bond donors (Lipinski definition) is 1. The Kier molecular flexibility index (Phi) is 6.08. The van der Waals surface area contributed by atoms with Crippen molar-refractivity contribution in [2.45, 2.75) is 37.0 Å². The maximum Gasteiger partial charge on any atom is 0.179 e. The van der Waals surface area contributed by atoms with Gasteiger partial charge in [0.15, 0.2) is 11.5 Å². The molecule has 1 aromatic rings. The fourth-order valence-electron chi connectivity index (χ4n) is 2.96. The van der Waals surface area contributed by atoms with E-state index in [4.69, 9.17) is 21.1 Å². The molecule has 0 radical (unpaired) electrons. The summed E-state index contributed by atoms with van der Waals surface area (Å²) in [6.07, 6.45) is 7.53. The van der Waals surface area contributed by atoms with Crippen LogP contribution in [0, 0.1) is 0 Å². The van der Waals surface area contributed by atoms with Crippen LogP contribution in [-0.2, 0) is 6.54 Å². The van der Waals surface area contributed by atoms with Crippen LogP contribution in [0.4, 0.5) is 0 Å². The molecule has 0 atom stereocenters. The van der Waals surface area contributed by atoms with Crippen molar-refractivity contribution >= 4 is 23.4 Å². The predicted molar refractivity (Wildman–Crippen MR) is 91.0 cm³/mol. The van der Waals surface area contributed by atoms with Gasteiger partial charge in [-0.15, -0.1) is 0 Å². The Hall–Kier alpha value is -0.580. The summed E-state index contributed by atoms with van der Waals surface area (Å²) in [4.78, 5) is 0. The van der Waals surface area contributed by atoms with Crippen molar-refractivity contribution in [3.63, 3.8) is 0 Å². The third-order valence-electron chi connectivity index (χ3n) is 4.28. The molecule has 1 saturated carbocycles. The number of halogens is 1. The monoisotopic (exact) mass is 329 g/mol. The summed E-state index contributed by atoms with van der Waals surface area (Å²) in [5, 5.41) is 4.20. The van der Waals surface area contributed by atoms with Crippen LogP contribution in [0.2, 0.25) is 5.02 Å². The van der Waals surface area contributed by atoms with Crippen molar-refractivity contribution in [3.8, 4) is 11.5 Å². The molecule has 0 heterocycles. The first kappa shape index (κ1) is 16.8. The number of hydrogen-bond acceptors (Lipinski definition) is 4. The zero-order valence-electron chi connectivity index (χ0n) is 13.0. The predicted octanol–water partition coefficient (Wildman–Crippen LogP) is 4.12. The molecule has 0 spiro atoms. The van der Waals surface area contributed by atoms with Crippen molar-refractivity contribution < 1.29 is 9.47 Å². The molecule has 0 bridgehead atoms. The van der Waals surface area contributed by atoms with Crippen LogP contribution in [-0.4, -0.2) is 31.8 Å². The Balaban J connectivity index is 2.00. The minimum absolute atomic E-state index is 0.406. The molecule has 1 N–H and O–H groups in total. The second kappa shape index (κ2) is 7.61. The lowest BCUT2D eigenvalue weighted by molar-refractivity contribution is 0.354. The van der Waals surface area contributed by atoms with Crippen LogP contribution in [0.25, 0.3) is 0 Å². The zero-order valence-corrected chi connectivity index (χ0v) is 14.6. The van der Waals surface area contributed by atoms with Gasteiger partial charge >= 0.3 is 0 Å². The fraction of sp³-hybridized carbons (Fsp3) is 0.625. The molecule has 5 heteroatoms. The average molecular weight is 330 g/mol. The van der Waals surface area contributed by atoms with Gasteiger partial charge in [-0.1, -0.05) is 30.5 Å². The first-order valence-electron chi connectivity index (χ1n) is 7.31. The van der Waals surface area contributed by atoms with E-state index in [9.17, 15) is 0 Å². The lowest BCUT2D eigenvalue weighted by Crippen LogP contribution is -2.34. The molecule has 3 nitrogen and oxygen atoms in total. The fourth-order valence-corrected chi connectivity index (χ4v) is 4.21. The SMILES string of the molecule is COc1ccc(CNCC2(SC)CCCC2)c(Cl)c1OC. The first-order chi connectivity index (χ1) is 10.2. The minimum Gasteiger partial charge on any atom is -0.493 e. The highest BCUT2D eigenvalue weighted by Gasteiger charge is 2.32. The number of ether oxygens (including phenoxy) is 2. The molecular weight excluding hydrogens is 306 g/mol. The van der Waals surface area contributed by atoms with E-state index in [2.05, 4.69) is 11.6 Å². The Morgan fingerprint density at radius 2 is 1.95 bits per heavy atom. The summed E-state index contributed by atoms with van der Waals surface area (Å²) in [5.41, 5.74) is 1.04. The van der Waals surface area contributed by atoms with Crippen molar-refractivity contribution in [2.24, 2.45) is 0 Å². The summed E-state index contributed by atoms with van der Waals surface area (Å²) >= 11 is 8.40. The smallest absolute Gasteiger partial charge is 0.179 e. The Morgan fingerprint density at radius 1 is 1.24 bits per heavy atom. The minimum atomic E-state index is 0.406. The molecule has 0 unspecified atom stereocenters. The maximum absolute atomic E-state index is 6.41. The van der Waals surface area contributed by atoms with Crippen LogP contribution >= 0.6 is 23.4 Å². The third-order valence-corrected chi connectivity index (χ3v) is 6.11. The zero-order chi connectivity index (χ0) is 15.3. The number of nitrogens with one attached hydrogen (secondary N) is 1. The van der Waals surface area contributed by atoms with Gasteiger partial charge in [0.1, 0.15) is 0 Å². The second-order valence-corrected chi connectivity index (χ2v) is 7.12. The molecule has 0 amide bonds. The normalized spacial score (nSPS) is 17.0. The number of methoxy groups -OCH3 is 2. The summed E-state index contributed by atoms with van der Waals surface area (Å²) < 4.78 is 11.0. The van der Waals surface area contributed by atoms with Crippen LogP contribution < -0.4 is 14.8 Å². The van der Waals surface area contributed by atoms with Crippen molar-refractivity contribution in [1.82, 2.24) is 5.32 Å². The van der Waals surface area contributed by atoms with Gasteiger partial charge in [-0.05, 0) is 30.7 Å². The van der Waals surface area contributed by atoms with Gasteiger partial charge in [0, 0.05) is 17.8 Å². The quantitative estimate of drug-likeness (QED) is 0.815. The second-order valence-electron chi connectivity index (χ2n) is 5.47. The Bertz CT molecular complexity index is 476. The highest BCUT2D eigenvalue weighted by molar-refractivity contribution is 8.00. The largest absolute Gasteiger partial charge is 0.493 e. The van der Waals surface area contributed by atoms with E-state index in [0.29, 0.717) is 21.3 Å². The lowest BCUT2D eigenvalue weighted by Gasteiger charge is -2.27. The van der Waals surface area contributed by atoms with Gasteiger partial charge in [-0.3, -0.25) is 0 Å². The van der Waals surface area contributed by atoms with Gasteiger partial charge in [0.2, 0.25) is 0 Å². The van der Waals surface area contributed by atoms with E-state index in [1.165, 1.54) is 25.7 Å². The van der Waals surface area contributed by atoms with Crippen molar-refractivity contribution in [3.05, 3.63) is 22.7 Å². The highest BCUT2D eigenvalue weighted by atomic mass is 35.5. The van der Waals surface area contributed by atoms with E-state index in [0.717, 1.165) is 18.7 Å². The topological polar surface area (TPSA) is 30.5 Å². The standard InChI is InChI=1S/C16H24ClNO2S/c1-19-13-7-6-12(14(17)15(13)20-2)10-18-11-16(21-3)8-4-5-9-16/h6-7,18H,4-5,8-11H2,1-3H3. The van der Waals surface area contributed by atoms with E-state index in [1.54, 1.807) is 14.2 Å². The molecule has 1 aliphatic rings. The van der Waals surface area contributed by atoms with Gasteiger partial charge in [-0.25, -0.2) is 0 Å². The molecule has 1 aliphatic carbocycles. The van der Waals surface area contributed by atoms with Crippen LogP contribution in [0.1, 0.15) is 31.2 Å². The Morgan fingerprint density at radius 3 is 2.52 bits per heavy atom. The molecule has 1 aromatic carbocycles. The Labute approximate surface area is 136 Å². The van der Waals surface area contributed by atoms with Gasteiger partial charge < -0.3 is 14.8 Å². The van der Waals surface area contributed by atoms with Gasteiger partial charge in [-0.2, -0.15) is 11.8 Å². The number of thioether (sulfide) groups is 1. The van der Waals surface area contributed by atoms with Crippen molar-refractivity contribution in [1.29, 1.82) is 0 Å². The molecule has 118 valence electrons. The molecule has 1 fully saturated rings. The summed E-state index contributed by atoms with van der Waals surface area (Å²) in [5.74, 6) is 1.28. The molecule has 0 aliphatic heterocycles. The summed E-state index contributed by atoms with van der Waals surface area (Å²) in [6, 6.07) is 3.90. The van der Waals surface area contributed by atoms with Crippen LogP contribution in [0.15, 0.2) is 12.1 Å². The molecule has 21 heavy (non-hydrogen) atoms. The van der Waals surface area contributed by atoms with Gasteiger partial charge in [0.05, 0.1) is 19.2 Å². The molecule has 0 aromatic heterocycles.